The number of phenols is 1. The van der Waals surface area contributed by atoms with Crippen molar-refractivity contribution in [3.05, 3.63) is 88.5 Å². The fourth-order valence-electron chi connectivity index (χ4n) is 4.50. The predicted octanol–water partition coefficient (Wildman–Crippen LogP) is 6.04. The van der Waals surface area contributed by atoms with Crippen LogP contribution in [0.25, 0.3) is 16.0 Å². The summed E-state index contributed by atoms with van der Waals surface area (Å²) in [6.45, 7) is 3.91. The summed E-state index contributed by atoms with van der Waals surface area (Å²) >= 11 is 0.911. The summed E-state index contributed by atoms with van der Waals surface area (Å²) in [6.07, 6.45) is 0. The number of hydrogen-bond acceptors (Lipinski definition) is 7. The van der Waals surface area contributed by atoms with Crippen LogP contribution < -0.4 is 9.64 Å². The number of rotatable bonds is 5. The number of Topliss-reactive ketones (excluding diaryl/α,β-unsaturated/α-hetero) is 1. The smallest absolute Gasteiger partial charge is 0.301 e. The first-order chi connectivity index (χ1) is 18.1. The summed E-state index contributed by atoms with van der Waals surface area (Å²) in [5.74, 6) is -3.84. The van der Waals surface area contributed by atoms with Gasteiger partial charge < -0.3 is 14.9 Å². The number of carbonyl (C=O) groups excluding carboxylic acids is 2. The van der Waals surface area contributed by atoms with Crippen LogP contribution in [-0.4, -0.2) is 34.0 Å². The van der Waals surface area contributed by atoms with Gasteiger partial charge in [-0.25, -0.2) is 13.8 Å². The lowest BCUT2D eigenvalue weighted by Crippen LogP contribution is -2.29. The maximum atomic E-state index is 13.8. The Hall–Kier alpha value is -4.31. The van der Waals surface area contributed by atoms with E-state index in [1.54, 1.807) is 18.2 Å². The van der Waals surface area contributed by atoms with Crippen molar-refractivity contribution < 1.29 is 33.3 Å². The van der Waals surface area contributed by atoms with Crippen LogP contribution in [-0.2, 0) is 9.59 Å². The van der Waals surface area contributed by atoms with Crippen LogP contribution in [0.2, 0.25) is 0 Å². The number of methoxy groups -OCH3 is 1. The van der Waals surface area contributed by atoms with Gasteiger partial charge in [-0.1, -0.05) is 37.3 Å². The van der Waals surface area contributed by atoms with E-state index in [9.17, 15) is 28.6 Å². The number of ketones is 1. The maximum absolute atomic E-state index is 13.8. The molecule has 1 aliphatic rings. The van der Waals surface area contributed by atoms with E-state index < -0.39 is 35.1 Å². The fourth-order valence-corrected chi connectivity index (χ4v) is 5.50. The Bertz CT molecular complexity index is 1590. The number of carbonyl (C=O) groups is 2. The topological polar surface area (TPSA) is 100.0 Å². The second kappa shape index (κ2) is 9.53. The summed E-state index contributed by atoms with van der Waals surface area (Å²) in [5, 5.41) is 21.3. The number of thiazole rings is 1. The molecule has 0 radical (unpaired) electrons. The molecule has 2 heterocycles. The molecular formula is C28H22F2N2O5S. The molecular weight excluding hydrogens is 514 g/mol. The van der Waals surface area contributed by atoms with Crippen LogP contribution >= 0.6 is 11.3 Å². The average molecular weight is 537 g/mol. The highest BCUT2D eigenvalue weighted by Gasteiger charge is 2.48. The number of nitrogens with zero attached hydrogens (tertiary/aromatic N) is 2. The van der Waals surface area contributed by atoms with Gasteiger partial charge in [-0.05, 0) is 53.4 Å². The predicted molar refractivity (Wildman–Crippen MR) is 140 cm³/mol. The summed E-state index contributed by atoms with van der Waals surface area (Å²) in [5.41, 5.74) is 1.45. The summed E-state index contributed by atoms with van der Waals surface area (Å²) in [7, 11) is 1.53. The summed E-state index contributed by atoms with van der Waals surface area (Å²) < 4.78 is 33.4. The maximum Gasteiger partial charge on any atom is 0.301 e. The number of ether oxygens (including phenoxy) is 1. The molecule has 0 aliphatic carbocycles. The molecule has 194 valence electrons. The molecule has 1 amide bonds. The Morgan fingerprint density at radius 2 is 1.74 bits per heavy atom. The Kier molecular flexibility index (Phi) is 6.36. The molecule has 3 aromatic carbocycles. The molecule has 7 nitrogen and oxygen atoms in total. The Labute approximate surface area is 220 Å². The molecule has 1 aliphatic heterocycles. The Balaban J connectivity index is 1.73. The SMILES string of the molecule is COc1ccc(/C(O)=C2\C(=O)C(=O)N(c3nc4cc(F)c(F)cc4s3)C2c2ccc(O)cc2)cc1C(C)C. The minimum Gasteiger partial charge on any atom is -0.508 e. The van der Waals surface area contributed by atoms with Crippen LogP contribution in [0, 0.1) is 11.6 Å². The van der Waals surface area contributed by atoms with Crippen molar-refractivity contribution in [1.29, 1.82) is 0 Å². The van der Waals surface area contributed by atoms with Crippen LogP contribution in [0.1, 0.15) is 42.5 Å². The number of halogens is 2. The molecule has 1 fully saturated rings. The number of amides is 1. The number of hydrogen-bond donors (Lipinski definition) is 2. The molecule has 4 aromatic rings. The van der Waals surface area contributed by atoms with Gasteiger partial charge in [0, 0.05) is 11.6 Å². The second-order valence-electron chi connectivity index (χ2n) is 9.10. The number of aromatic hydroxyl groups is 1. The van der Waals surface area contributed by atoms with Crippen LogP contribution in [0.15, 0.2) is 60.2 Å². The third-order valence-electron chi connectivity index (χ3n) is 6.40. The number of phenolic OH excluding ortho intramolecular Hbond substituents is 1. The Morgan fingerprint density at radius 1 is 1.05 bits per heavy atom. The standard InChI is InChI=1S/C28H22F2N2O5S/c1-13(2)17-10-15(6-9-21(17)37-3)25(34)23-24(14-4-7-16(33)8-5-14)32(27(36)26(23)35)28-31-20-11-18(29)19(30)12-22(20)38-28/h4-13,24,33-34H,1-3H3/b25-23+. The molecule has 2 N–H and O–H groups in total. The molecule has 38 heavy (non-hydrogen) atoms. The Morgan fingerprint density at radius 3 is 2.39 bits per heavy atom. The van der Waals surface area contributed by atoms with E-state index in [0.717, 1.165) is 33.9 Å². The van der Waals surface area contributed by atoms with Crippen molar-refractivity contribution in [2.24, 2.45) is 0 Å². The number of anilines is 1. The van der Waals surface area contributed by atoms with Gasteiger partial charge in [0.15, 0.2) is 16.8 Å². The van der Waals surface area contributed by atoms with Crippen molar-refractivity contribution >= 4 is 44.1 Å². The van der Waals surface area contributed by atoms with E-state index in [1.165, 1.54) is 31.4 Å². The van der Waals surface area contributed by atoms with Gasteiger partial charge in [-0.2, -0.15) is 0 Å². The number of aliphatic hydroxyl groups is 1. The van der Waals surface area contributed by atoms with Crippen molar-refractivity contribution in [2.75, 3.05) is 12.0 Å². The van der Waals surface area contributed by atoms with E-state index in [-0.39, 0.29) is 32.6 Å². The highest BCUT2D eigenvalue weighted by Crippen LogP contribution is 2.45. The molecule has 1 unspecified atom stereocenters. The molecule has 0 spiro atoms. The third kappa shape index (κ3) is 4.16. The summed E-state index contributed by atoms with van der Waals surface area (Å²) in [6, 6.07) is 11.6. The lowest BCUT2D eigenvalue weighted by atomic mass is 9.93. The van der Waals surface area contributed by atoms with Gasteiger partial charge in [0.25, 0.3) is 5.78 Å². The van der Waals surface area contributed by atoms with Crippen LogP contribution in [0.4, 0.5) is 13.9 Å². The van der Waals surface area contributed by atoms with Crippen molar-refractivity contribution in [3.63, 3.8) is 0 Å². The zero-order valence-corrected chi connectivity index (χ0v) is 21.3. The van der Waals surface area contributed by atoms with E-state index in [0.29, 0.717) is 16.9 Å². The zero-order chi connectivity index (χ0) is 27.3. The van der Waals surface area contributed by atoms with Crippen LogP contribution in [0.5, 0.6) is 11.5 Å². The first-order valence-electron chi connectivity index (χ1n) is 11.6. The van der Waals surface area contributed by atoms with Gasteiger partial charge in [0.1, 0.15) is 17.3 Å². The molecule has 1 atom stereocenters. The van der Waals surface area contributed by atoms with Gasteiger partial charge >= 0.3 is 5.91 Å². The molecule has 0 bridgehead atoms. The minimum atomic E-state index is -1.12. The first kappa shape index (κ1) is 25.3. The molecule has 1 saturated heterocycles. The van der Waals surface area contributed by atoms with E-state index in [4.69, 9.17) is 4.74 Å². The van der Waals surface area contributed by atoms with Crippen molar-refractivity contribution in [3.8, 4) is 11.5 Å². The van der Waals surface area contributed by atoms with Gasteiger partial charge in [0.05, 0.1) is 28.9 Å². The van der Waals surface area contributed by atoms with E-state index >= 15 is 0 Å². The van der Waals surface area contributed by atoms with Gasteiger partial charge in [-0.3, -0.25) is 14.5 Å². The second-order valence-corrected chi connectivity index (χ2v) is 10.1. The molecule has 0 saturated carbocycles. The van der Waals surface area contributed by atoms with Crippen molar-refractivity contribution in [2.45, 2.75) is 25.8 Å². The number of fused-ring (bicyclic) bond motifs is 1. The minimum absolute atomic E-state index is 0.0295. The van der Waals surface area contributed by atoms with Gasteiger partial charge in [0.2, 0.25) is 0 Å². The highest BCUT2D eigenvalue weighted by molar-refractivity contribution is 7.22. The lowest BCUT2D eigenvalue weighted by Gasteiger charge is -2.23. The first-order valence-corrected chi connectivity index (χ1v) is 12.5. The van der Waals surface area contributed by atoms with Crippen LogP contribution in [0.3, 0.4) is 0 Å². The van der Waals surface area contributed by atoms with E-state index in [1.807, 2.05) is 13.8 Å². The quantitative estimate of drug-likeness (QED) is 0.183. The number of aromatic nitrogens is 1. The largest absolute Gasteiger partial charge is 0.508 e. The average Bonchev–Trinajstić information content (AvgIpc) is 3.41. The summed E-state index contributed by atoms with van der Waals surface area (Å²) in [4.78, 5) is 32.2. The van der Waals surface area contributed by atoms with E-state index in [2.05, 4.69) is 4.98 Å². The number of benzene rings is 3. The monoisotopic (exact) mass is 536 g/mol. The molecule has 1 aromatic heterocycles. The highest BCUT2D eigenvalue weighted by atomic mass is 32.1. The molecule has 5 rings (SSSR count). The van der Waals surface area contributed by atoms with Crippen molar-refractivity contribution in [1.82, 2.24) is 4.98 Å². The number of aliphatic hydroxyl groups excluding tert-OH is 1. The zero-order valence-electron chi connectivity index (χ0n) is 20.5. The lowest BCUT2D eigenvalue weighted by molar-refractivity contribution is -0.132. The normalized spacial score (nSPS) is 17.1. The molecule has 10 heteroatoms. The fraction of sp³-hybridized carbons (Fsp3) is 0.179. The third-order valence-corrected chi connectivity index (χ3v) is 7.42. The van der Waals surface area contributed by atoms with Gasteiger partial charge in [-0.15, -0.1) is 0 Å².